The molecular formula is C10H13F2NO2. The molecule has 2 unspecified atom stereocenters. The van der Waals surface area contributed by atoms with Crippen molar-refractivity contribution < 1.29 is 18.6 Å². The van der Waals surface area contributed by atoms with Gasteiger partial charge < -0.3 is 15.6 Å². The number of hydrogen-bond acceptors (Lipinski definition) is 3. The first-order valence-corrected chi connectivity index (χ1v) is 4.44. The zero-order valence-corrected chi connectivity index (χ0v) is 8.50. The number of aliphatic hydroxyl groups is 1. The van der Waals surface area contributed by atoms with Gasteiger partial charge in [0.05, 0.1) is 18.8 Å². The second kappa shape index (κ2) is 4.55. The summed E-state index contributed by atoms with van der Waals surface area (Å²) in [5.74, 6) is -1.67. The van der Waals surface area contributed by atoms with Gasteiger partial charge in [-0.1, -0.05) is 0 Å². The molecule has 3 N–H and O–H groups in total. The van der Waals surface area contributed by atoms with Crippen LogP contribution in [-0.4, -0.2) is 18.3 Å². The predicted molar refractivity (Wildman–Crippen MR) is 51.5 cm³/mol. The maximum atomic E-state index is 13.4. The third kappa shape index (κ3) is 2.43. The molecule has 0 radical (unpaired) electrons. The van der Waals surface area contributed by atoms with Crippen molar-refractivity contribution in [3.05, 3.63) is 29.3 Å². The largest absolute Gasteiger partial charge is 0.497 e. The van der Waals surface area contributed by atoms with Gasteiger partial charge in [-0.2, -0.15) is 0 Å². The lowest BCUT2D eigenvalue weighted by molar-refractivity contribution is 0.144. The summed E-state index contributed by atoms with van der Waals surface area (Å²) in [4.78, 5) is 0. The van der Waals surface area contributed by atoms with Gasteiger partial charge in [-0.15, -0.1) is 0 Å². The molecule has 0 heterocycles. The number of nitrogens with two attached hydrogens (primary N) is 1. The van der Waals surface area contributed by atoms with Gasteiger partial charge in [0.1, 0.15) is 17.4 Å². The fraction of sp³-hybridized carbons (Fsp3) is 0.400. The summed E-state index contributed by atoms with van der Waals surface area (Å²) >= 11 is 0. The zero-order chi connectivity index (χ0) is 11.6. The Morgan fingerprint density at radius 2 is 1.80 bits per heavy atom. The fourth-order valence-electron chi connectivity index (χ4n) is 1.22. The second-order valence-corrected chi connectivity index (χ2v) is 3.31. The average Bonchev–Trinajstić information content (AvgIpc) is 2.16. The van der Waals surface area contributed by atoms with E-state index in [9.17, 15) is 13.9 Å². The minimum absolute atomic E-state index is 0.0608. The van der Waals surface area contributed by atoms with Gasteiger partial charge in [-0.05, 0) is 6.92 Å². The van der Waals surface area contributed by atoms with E-state index in [0.717, 1.165) is 12.1 Å². The molecule has 0 aliphatic carbocycles. The molecule has 3 nitrogen and oxygen atoms in total. The molecule has 15 heavy (non-hydrogen) atoms. The number of benzene rings is 1. The monoisotopic (exact) mass is 217 g/mol. The van der Waals surface area contributed by atoms with Crippen molar-refractivity contribution in [1.29, 1.82) is 0 Å². The fourth-order valence-corrected chi connectivity index (χ4v) is 1.22. The van der Waals surface area contributed by atoms with Crippen molar-refractivity contribution >= 4 is 0 Å². The van der Waals surface area contributed by atoms with Crippen LogP contribution < -0.4 is 10.5 Å². The molecule has 0 fully saturated rings. The minimum Gasteiger partial charge on any atom is -0.497 e. The lowest BCUT2D eigenvalue weighted by atomic mass is 10.0. The van der Waals surface area contributed by atoms with Gasteiger partial charge in [0.15, 0.2) is 0 Å². The second-order valence-electron chi connectivity index (χ2n) is 3.31. The quantitative estimate of drug-likeness (QED) is 0.803. The maximum absolute atomic E-state index is 13.4. The summed E-state index contributed by atoms with van der Waals surface area (Å²) in [6.45, 7) is 1.47. The van der Waals surface area contributed by atoms with Crippen LogP contribution in [0.2, 0.25) is 0 Å². The van der Waals surface area contributed by atoms with Crippen LogP contribution in [0.15, 0.2) is 12.1 Å². The Kier molecular flexibility index (Phi) is 3.60. The van der Waals surface area contributed by atoms with Gasteiger partial charge in [0.2, 0.25) is 0 Å². The maximum Gasteiger partial charge on any atom is 0.135 e. The van der Waals surface area contributed by atoms with Gasteiger partial charge in [-0.3, -0.25) is 0 Å². The molecule has 0 saturated heterocycles. The number of methoxy groups -OCH3 is 1. The molecule has 0 aliphatic heterocycles. The van der Waals surface area contributed by atoms with Gasteiger partial charge in [-0.25, -0.2) is 8.78 Å². The molecule has 1 rings (SSSR count). The number of ether oxygens (including phenoxy) is 1. The van der Waals surface area contributed by atoms with Crippen molar-refractivity contribution in [2.24, 2.45) is 5.73 Å². The van der Waals surface area contributed by atoms with E-state index in [4.69, 9.17) is 5.73 Å². The van der Waals surface area contributed by atoms with Crippen molar-refractivity contribution in [2.75, 3.05) is 7.11 Å². The molecule has 0 aliphatic rings. The Labute approximate surface area is 86.5 Å². The molecule has 0 amide bonds. The molecule has 0 spiro atoms. The highest BCUT2D eigenvalue weighted by molar-refractivity contribution is 5.32. The Hall–Kier alpha value is -1.20. The van der Waals surface area contributed by atoms with E-state index in [1.807, 2.05) is 0 Å². The van der Waals surface area contributed by atoms with Gasteiger partial charge in [0, 0.05) is 18.2 Å². The molecule has 0 saturated carbocycles. The van der Waals surface area contributed by atoms with Gasteiger partial charge >= 0.3 is 0 Å². The lowest BCUT2D eigenvalue weighted by Gasteiger charge is -2.16. The van der Waals surface area contributed by atoms with E-state index in [2.05, 4.69) is 4.74 Å². The highest BCUT2D eigenvalue weighted by Crippen LogP contribution is 2.26. The van der Waals surface area contributed by atoms with E-state index in [0.29, 0.717) is 0 Å². The lowest BCUT2D eigenvalue weighted by Crippen LogP contribution is -2.26. The molecule has 1 aromatic rings. The van der Waals surface area contributed by atoms with E-state index >= 15 is 0 Å². The van der Waals surface area contributed by atoms with Crippen LogP contribution in [0.5, 0.6) is 5.75 Å². The van der Waals surface area contributed by atoms with E-state index in [1.165, 1.54) is 14.0 Å². The van der Waals surface area contributed by atoms with E-state index in [1.54, 1.807) is 0 Å². The zero-order valence-electron chi connectivity index (χ0n) is 8.50. The SMILES string of the molecule is COc1cc(F)c(C(O)C(C)N)c(F)c1. The van der Waals surface area contributed by atoms with Crippen LogP contribution in [0, 0.1) is 11.6 Å². The predicted octanol–water partition coefficient (Wildman–Crippen LogP) is 1.35. The van der Waals surface area contributed by atoms with Crippen LogP contribution in [-0.2, 0) is 0 Å². The molecular weight excluding hydrogens is 204 g/mol. The Balaban J connectivity index is 3.19. The minimum atomic E-state index is -1.36. The van der Waals surface area contributed by atoms with Crippen LogP contribution >= 0.6 is 0 Å². The summed E-state index contributed by atoms with van der Waals surface area (Å²) < 4.78 is 31.4. The van der Waals surface area contributed by atoms with E-state index in [-0.39, 0.29) is 5.75 Å². The first kappa shape index (κ1) is 11.9. The Bertz CT molecular complexity index is 332. The highest BCUT2D eigenvalue weighted by atomic mass is 19.1. The normalized spacial score (nSPS) is 14.8. The highest BCUT2D eigenvalue weighted by Gasteiger charge is 2.22. The van der Waals surface area contributed by atoms with Crippen molar-refractivity contribution in [2.45, 2.75) is 19.1 Å². The first-order valence-electron chi connectivity index (χ1n) is 4.44. The van der Waals surface area contributed by atoms with Crippen LogP contribution in [0.4, 0.5) is 8.78 Å². The Morgan fingerprint density at radius 1 is 1.33 bits per heavy atom. The summed E-state index contributed by atoms with van der Waals surface area (Å²) in [7, 11) is 1.30. The topological polar surface area (TPSA) is 55.5 Å². The molecule has 1 aromatic carbocycles. The van der Waals surface area contributed by atoms with Gasteiger partial charge in [0.25, 0.3) is 0 Å². The first-order chi connectivity index (χ1) is 6.97. The van der Waals surface area contributed by atoms with Crippen molar-refractivity contribution in [3.8, 4) is 5.75 Å². The van der Waals surface area contributed by atoms with E-state index < -0.39 is 29.3 Å². The molecule has 5 heteroatoms. The Morgan fingerprint density at radius 3 is 2.13 bits per heavy atom. The molecule has 2 atom stereocenters. The van der Waals surface area contributed by atoms with Crippen LogP contribution in [0.25, 0.3) is 0 Å². The van der Waals surface area contributed by atoms with Crippen LogP contribution in [0.1, 0.15) is 18.6 Å². The number of halogens is 2. The summed E-state index contributed by atoms with van der Waals surface area (Å²) in [5, 5.41) is 9.48. The molecule has 0 aromatic heterocycles. The summed E-state index contributed by atoms with van der Waals surface area (Å²) in [6.07, 6.45) is -1.36. The molecule has 84 valence electrons. The van der Waals surface area contributed by atoms with Crippen LogP contribution in [0.3, 0.4) is 0 Å². The molecule has 0 bridgehead atoms. The number of rotatable bonds is 3. The smallest absolute Gasteiger partial charge is 0.135 e. The number of aliphatic hydroxyl groups excluding tert-OH is 1. The summed E-state index contributed by atoms with van der Waals surface area (Å²) in [5.41, 5.74) is 4.94. The standard InChI is InChI=1S/C10H13F2NO2/c1-5(13)10(14)9-7(11)3-6(15-2)4-8(9)12/h3-5,10,14H,13H2,1-2H3. The third-order valence-corrected chi connectivity index (χ3v) is 2.08. The number of hydrogen-bond donors (Lipinski definition) is 2. The van der Waals surface area contributed by atoms with Crippen molar-refractivity contribution in [3.63, 3.8) is 0 Å². The third-order valence-electron chi connectivity index (χ3n) is 2.08. The van der Waals surface area contributed by atoms with Crippen molar-refractivity contribution in [1.82, 2.24) is 0 Å². The average molecular weight is 217 g/mol. The summed E-state index contributed by atoms with van der Waals surface area (Å²) in [6, 6.07) is 1.26.